The number of halogens is 1. The number of rotatable bonds is 4. The van der Waals surface area contributed by atoms with Crippen LogP contribution in [0.1, 0.15) is 11.1 Å². The molecule has 1 aromatic rings. The Kier molecular flexibility index (Phi) is 4.11. The molecule has 1 aliphatic heterocycles. The van der Waals surface area contributed by atoms with Gasteiger partial charge in [-0.05, 0) is 47.0 Å². The first-order valence-electron chi connectivity index (χ1n) is 6.11. The van der Waals surface area contributed by atoms with Gasteiger partial charge in [-0.25, -0.2) is 4.79 Å². The van der Waals surface area contributed by atoms with E-state index >= 15 is 0 Å². The van der Waals surface area contributed by atoms with Crippen molar-refractivity contribution >= 4 is 27.6 Å². The number of nitrogens with one attached hydrogen (secondary N) is 2. The standard InChI is InChI=1S/C13H18BrN3O/c1-9-7-10(2)12(11(14)8-9)15-3-5-17-6-4-16-13(17)18/h7-8,15H,3-6H2,1-2H3,(H,16,18). The fraction of sp³-hybridized carbons (Fsp3) is 0.462. The summed E-state index contributed by atoms with van der Waals surface area (Å²) < 4.78 is 1.07. The van der Waals surface area contributed by atoms with Gasteiger partial charge in [0.25, 0.3) is 0 Å². The topological polar surface area (TPSA) is 44.4 Å². The van der Waals surface area contributed by atoms with Crippen LogP contribution in [-0.2, 0) is 0 Å². The van der Waals surface area contributed by atoms with Gasteiger partial charge >= 0.3 is 6.03 Å². The van der Waals surface area contributed by atoms with Crippen molar-refractivity contribution in [3.05, 3.63) is 27.7 Å². The first-order chi connectivity index (χ1) is 8.58. The highest BCUT2D eigenvalue weighted by Gasteiger charge is 2.18. The summed E-state index contributed by atoms with van der Waals surface area (Å²) in [5.41, 5.74) is 3.57. The van der Waals surface area contributed by atoms with Crippen molar-refractivity contribution in [3.63, 3.8) is 0 Å². The van der Waals surface area contributed by atoms with Crippen LogP contribution >= 0.6 is 15.9 Å². The third-order valence-corrected chi connectivity index (χ3v) is 3.69. The molecule has 2 N–H and O–H groups in total. The van der Waals surface area contributed by atoms with Gasteiger partial charge in [-0.3, -0.25) is 0 Å². The van der Waals surface area contributed by atoms with Crippen LogP contribution in [0.4, 0.5) is 10.5 Å². The van der Waals surface area contributed by atoms with E-state index in [2.05, 4.69) is 52.5 Å². The van der Waals surface area contributed by atoms with E-state index in [0.717, 1.165) is 36.3 Å². The summed E-state index contributed by atoms with van der Waals surface area (Å²) in [6.07, 6.45) is 0. The summed E-state index contributed by atoms with van der Waals surface area (Å²) in [4.78, 5) is 13.2. The largest absolute Gasteiger partial charge is 0.382 e. The van der Waals surface area contributed by atoms with Crippen molar-refractivity contribution in [3.8, 4) is 0 Å². The van der Waals surface area contributed by atoms with Gasteiger partial charge in [0, 0.05) is 30.7 Å². The minimum atomic E-state index is 0.0384. The third-order valence-electron chi connectivity index (χ3n) is 3.06. The maximum atomic E-state index is 11.4. The molecule has 98 valence electrons. The first kappa shape index (κ1) is 13.2. The number of carbonyl (C=O) groups excluding carboxylic acids is 1. The number of benzene rings is 1. The van der Waals surface area contributed by atoms with Crippen molar-refractivity contribution in [1.82, 2.24) is 10.2 Å². The predicted molar refractivity (Wildman–Crippen MR) is 77.1 cm³/mol. The maximum absolute atomic E-state index is 11.4. The van der Waals surface area contributed by atoms with Gasteiger partial charge in [0.05, 0.1) is 5.69 Å². The molecule has 1 heterocycles. The van der Waals surface area contributed by atoms with E-state index in [1.807, 2.05) is 4.90 Å². The van der Waals surface area contributed by atoms with Crippen LogP contribution in [0.5, 0.6) is 0 Å². The highest BCUT2D eigenvalue weighted by Crippen LogP contribution is 2.27. The molecule has 0 atom stereocenters. The Balaban J connectivity index is 1.92. The Morgan fingerprint density at radius 2 is 2.22 bits per heavy atom. The third kappa shape index (κ3) is 2.96. The van der Waals surface area contributed by atoms with Gasteiger partial charge in [0.15, 0.2) is 0 Å². The fourth-order valence-corrected chi connectivity index (χ4v) is 2.99. The number of urea groups is 1. The Bertz CT molecular complexity index is 439. The number of nitrogens with zero attached hydrogens (tertiary/aromatic N) is 1. The molecule has 0 unspecified atom stereocenters. The molecule has 1 aliphatic rings. The van der Waals surface area contributed by atoms with E-state index in [-0.39, 0.29) is 6.03 Å². The quantitative estimate of drug-likeness (QED) is 0.897. The molecule has 0 aromatic heterocycles. The number of hydrogen-bond donors (Lipinski definition) is 2. The predicted octanol–water partition coefficient (Wildman–Crippen LogP) is 2.50. The lowest BCUT2D eigenvalue weighted by molar-refractivity contribution is 0.219. The van der Waals surface area contributed by atoms with Crippen molar-refractivity contribution in [2.24, 2.45) is 0 Å². The molecule has 1 saturated heterocycles. The number of carbonyl (C=O) groups is 1. The van der Waals surface area contributed by atoms with Crippen LogP contribution in [0.15, 0.2) is 16.6 Å². The van der Waals surface area contributed by atoms with E-state index in [1.165, 1.54) is 11.1 Å². The lowest BCUT2D eigenvalue weighted by atomic mass is 10.1. The minimum absolute atomic E-state index is 0.0384. The second-order valence-corrected chi connectivity index (χ2v) is 5.44. The molecule has 2 amide bonds. The van der Waals surface area contributed by atoms with Crippen LogP contribution in [0.3, 0.4) is 0 Å². The molecule has 0 saturated carbocycles. The molecular weight excluding hydrogens is 294 g/mol. The van der Waals surface area contributed by atoms with Crippen molar-refractivity contribution in [1.29, 1.82) is 0 Å². The molecule has 18 heavy (non-hydrogen) atoms. The van der Waals surface area contributed by atoms with E-state index < -0.39 is 0 Å². The smallest absolute Gasteiger partial charge is 0.317 e. The van der Waals surface area contributed by atoms with Gasteiger partial charge in [-0.15, -0.1) is 0 Å². The van der Waals surface area contributed by atoms with Crippen molar-refractivity contribution in [2.75, 3.05) is 31.5 Å². The molecule has 0 spiro atoms. The van der Waals surface area contributed by atoms with Gasteiger partial charge in [0.2, 0.25) is 0 Å². The zero-order chi connectivity index (χ0) is 13.1. The van der Waals surface area contributed by atoms with Gasteiger partial charge in [0.1, 0.15) is 0 Å². The first-order valence-corrected chi connectivity index (χ1v) is 6.90. The normalized spacial score (nSPS) is 14.8. The van der Waals surface area contributed by atoms with Gasteiger partial charge < -0.3 is 15.5 Å². The summed E-state index contributed by atoms with van der Waals surface area (Å²) in [7, 11) is 0. The summed E-state index contributed by atoms with van der Waals surface area (Å²) >= 11 is 3.57. The Hall–Kier alpha value is -1.23. The second kappa shape index (κ2) is 5.61. The molecule has 5 heteroatoms. The zero-order valence-corrected chi connectivity index (χ0v) is 12.3. The molecular formula is C13H18BrN3O. The molecule has 4 nitrogen and oxygen atoms in total. The molecule has 0 bridgehead atoms. The molecule has 0 aliphatic carbocycles. The summed E-state index contributed by atoms with van der Waals surface area (Å²) in [6.45, 7) is 7.21. The molecule has 2 rings (SSSR count). The molecule has 1 fully saturated rings. The summed E-state index contributed by atoms with van der Waals surface area (Å²) in [6, 6.07) is 4.28. The highest BCUT2D eigenvalue weighted by atomic mass is 79.9. The average molecular weight is 312 g/mol. The van der Waals surface area contributed by atoms with Gasteiger partial charge in [-0.2, -0.15) is 0 Å². The number of anilines is 1. The highest BCUT2D eigenvalue weighted by molar-refractivity contribution is 9.10. The lowest BCUT2D eigenvalue weighted by Crippen LogP contribution is -2.32. The number of aryl methyl sites for hydroxylation is 2. The summed E-state index contributed by atoms with van der Waals surface area (Å²) in [5.74, 6) is 0. The summed E-state index contributed by atoms with van der Waals surface area (Å²) in [5, 5.41) is 6.19. The van der Waals surface area contributed by atoms with Crippen LogP contribution in [0.25, 0.3) is 0 Å². The zero-order valence-electron chi connectivity index (χ0n) is 10.7. The molecule has 1 aromatic carbocycles. The second-order valence-electron chi connectivity index (χ2n) is 4.58. The minimum Gasteiger partial charge on any atom is -0.382 e. The van der Waals surface area contributed by atoms with Crippen molar-refractivity contribution < 1.29 is 4.79 Å². The SMILES string of the molecule is Cc1cc(C)c(NCCN2CCNC2=O)c(Br)c1. The molecule has 0 radical (unpaired) electrons. The Morgan fingerprint density at radius 1 is 1.44 bits per heavy atom. The van der Waals surface area contributed by atoms with E-state index in [0.29, 0.717) is 0 Å². The van der Waals surface area contributed by atoms with Crippen LogP contribution in [0.2, 0.25) is 0 Å². The lowest BCUT2D eigenvalue weighted by Gasteiger charge is -2.17. The van der Waals surface area contributed by atoms with Crippen LogP contribution in [-0.4, -0.2) is 37.1 Å². The van der Waals surface area contributed by atoms with Gasteiger partial charge in [-0.1, -0.05) is 6.07 Å². The maximum Gasteiger partial charge on any atom is 0.317 e. The Morgan fingerprint density at radius 3 is 2.83 bits per heavy atom. The van der Waals surface area contributed by atoms with E-state index in [9.17, 15) is 4.79 Å². The van der Waals surface area contributed by atoms with E-state index in [1.54, 1.807) is 0 Å². The average Bonchev–Trinajstić information content (AvgIpc) is 2.68. The fourth-order valence-electron chi connectivity index (χ4n) is 2.18. The van der Waals surface area contributed by atoms with Crippen LogP contribution < -0.4 is 10.6 Å². The Labute approximate surface area is 116 Å². The van der Waals surface area contributed by atoms with Crippen molar-refractivity contribution in [2.45, 2.75) is 13.8 Å². The number of hydrogen-bond acceptors (Lipinski definition) is 2. The van der Waals surface area contributed by atoms with Crippen LogP contribution in [0, 0.1) is 13.8 Å². The number of amides is 2. The van der Waals surface area contributed by atoms with E-state index in [4.69, 9.17) is 0 Å². The monoisotopic (exact) mass is 311 g/mol.